The second-order valence-corrected chi connectivity index (χ2v) is 3.80. The van der Waals surface area contributed by atoms with Gasteiger partial charge in [0.15, 0.2) is 0 Å². The molecule has 0 saturated carbocycles. The molecular formula is C12H17FN2O3. The van der Waals surface area contributed by atoms with Gasteiger partial charge in [-0.1, -0.05) is 0 Å². The van der Waals surface area contributed by atoms with Gasteiger partial charge in [0.05, 0.1) is 12.7 Å². The normalized spacial score (nSPS) is 12.2. The number of nitrogens with two attached hydrogens (primary N) is 1. The molecule has 0 spiro atoms. The van der Waals surface area contributed by atoms with Gasteiger partial charge in [0, 0.05) is 32.0 Å². The first-order chi connectivity index (χ1) is 8.56. The lowest BCUT2D eigenvalue weighted by Crippen LogP contribution is -2.35. The number of hydrogen-bond acceptors (Lipinski definition) is 4. The maximum atomic E-state index is 13.1. The van der Waals surface area contributed by atoms with Crippen molar-refractivity contribution in [1.82, 2.24) is 5.32 Å². The van der Waals surface area contributed by atoms with Gasteiger partial charge in [-0.05, 0) is 18.2 Å². The van der Waals surface area contributed by atoms with Gasteiger partial charge in [0.2, 0.25) is 0 Å². The van der Waals surface area contributed by atoms with Crippen LogP contribution in [0, 0.1) is 5.82 Å². The smallest absolute Gasteiger partial charge is 0.251 e. The molecule has 0 aliphatic carbocycles. The minimum Gasteiger partial charge on any atom is -0.399 e. The van der Waals surface area contributed by atoms with Crippen molar-refractivity contribution in [3.8, 4) is 0 Å². The fraction of sp³-hybridized carbons (Fsp3) is 0.417. The molecule has 100 valence electrons. The Kier molecular flexibility index (Phi) is 5.54. The number of methoxy groups -OCH3 is 2. The predicted molar refractivity (Wildman–Crippen MR) is 65.8 cm³/mol. The molecule has 0 radical (unpaired) electrons. The summed E-state index contributed by atoms with van der Waals surface area (Å²) in [6.07, 6.45) is -0.246. The topological polar surface area (TPSA) is 73.6 Å². The van der Waals surface area contributed by atoms with Crippen LogP contribution in [0.2, 0.25) is 0 Å². The minimum absolute atomic E-state index is 0.180. The zero-order chi connectivity index (χ0) is 13.5. The molecule has 1 unspecified atom stereocenters. The van der Waals surface area contributed by atoms with Gasteiger partial charge in [-0.25, -0.2) is 4.39 Å². The number of carbonyl (C=O) groups is 1. The van der Waals surface area contributed by atoms with Gasteiger partial charge in [0.1, 0.15) is 5.82 Å². The summed E-state index contributed by atoms with van der Waals surface area (Å²) in [5.74, 6) is -0.945. The number of anilines is 1. The Morgan fingerprint density at radius 2 is 2.17 bits per heavy atom. The molecule has 1 rings (SSSR count). The van der Waals surface area contributed by atoms with Crippen LogP contribution in [0.5, 0.6) is 0 Å². The average molecular weight is 256 g/mol. The van der Waals surface area contributed by atoms with E-state index in [1.54, 1.807) is 7.11 Å². The van der Waals surface area contributed by atoms with E-state index in [1.165, 1.54) is 13.2 Å². The van der Waals surface area contributed by atoms with Crippen LogP contribution in [0.4, 0.5) is 10.1 Å². The Labute approximate surface area is 105 Å². The molecule has 1 amide bonds. The largest absolute Gasteiger partial charge is 0.399 e. The van der Waals surface area contributed by atoms with Crippen LogP contribution in [0.1, 0.15) is 10.4 Å². The third-order valence-electron chi connectivity index (χ3n) is 2.36. The highest BCUT2D eigenvalue weighted by Crippen LogP contribution is 2.10. The average Bonchev–Trinajstić information content (AvgIpc) is 2.32. The van der Waals surface area contributed by atoms with E-state index in [2.05, 4.69) is 5.32 Å². The molecule has 0 bridgehead atoms. The zero-order valence-corrected chi connectivity index (χ0v) is 10.4. The van der Waals surface area contributed by atoms with Crippen LogP contribution in [0.25, 0.3) is 0 Å². The van der Waals surface area contributed by atoms with Gasteiger partial charge >= 0.3 is 0 Å². The molecule has 0 aromatic heterocycles. The van der Waals surface area contributed by atoms with Crippen LogP contribution in [0.3, 0.4) is 0 Å². The lowest BCUT2D eigenvalue weighted by molar-refractivity contribution is 0.0285. The summed E-state index contributed by atoms with van der Waals surface area (Å²) in [7, 11) is 3.07. The quantitative estimate of drug-likeness (QED) is 0.738. The van der Waals surface area contributed by atoms with E-state index in [4.69, 9.17) is 15.2 Å². The molecule has 0 aliphatic heterocycles. The van der Waals surface area contributed by atoms with Gasteiger partial charge in [-0.15, -0.1) is 0 Å². The summed E-state index contributed by atoms with van der Waals surface area (Å²) in [4.78, 5) is 11.7. The number of rotatable bonds is 6. The molecule has 0 heterocycles. The van der Waals surface area contributed by atoms with E-state index < -0.39 is 11.7 Å². The molecular weight excluding hydrogens is 239 g/mol. The Bertz CT molecular complexity index is 392. The first-order valence-corrected chi connectivity index (χ1v) is 5.42. The Morgan fingerprint density at radius 1 is 1.44 bits per heavy atom. The summed E-state index contributed by atoms with van der Waals surface area (Å²) in [6, 6.07) is 3.69. The van der Waals surface area contributed by atoms with Gasteiger partial charge in [0.25, 0.3) is 5.91 Å². The summed E-state index contributed by atoms with van der Waals surface area (Å²) >= 11 is 0. The Morgan fingerprint density at radius 3 is 2.72 bits per heavy atom. The molecule has 3 N–H and O–H groups in total. The number of ether oxygens (including phenoxy) is 2. The fourth-order valence-corrected chi connectivity index (χ4v) is 1.45. The van der Waals surface area contributed by atoms with Crippen molar-refractivity contribution in [3.05, 3.63) is 29.6 Å². The van der Waals surface area contributed by atoms with Crippen LogP contribution in [0.15, 0.2) is 18.2 Å². The lowest BCUT2D eigenvalue weighted by Gasteiger charge is -2.15. The molecule has 18 heavy (non-hydrogen) atoms. The summed E-state index contributed by atoms with van der Waals surface area (Å²) < 4.78 is 23.1. The minimum atomic E-state index is -0.541. The van der Waals surface area contributed by atoms with E-state index in [9.17, 15) is 9.18 Å². The Balaban J connectivity index is 2.59. The van der Waals surface area contributed by atoms with Crippen molar-refractivity contribution < 1.29 is 18.7 Å². The van der Waals surface area contributed by atoms with Crippen molar-refractivity contribution in [2.75, 3.05) is 33.1 Å². The van der Waals surface area contributed by atoms with E-state index in [-0.39, 0.29) is 23.9 Å². The van der Waals surface area contributed by atoms with E-state index in [1.807, 2.05) is 0 Å². The highest BCUT2D eigenvalue weighted by Gasteiger charge is 2.11. The van der Waals surface area contributed by atoms with Crippen molar-refractivity contribution in [2.45, 2.75) is 6.10 Å². The van der Waals surface area contributed by atoms with Gasteiger partial charge in [-0.3, -0.25) is 4.79 Å². The number of hydrogen-bond donors (Lipinski definition) is 2. The molecule has 0 aliphatic rings. The highest BCUT2D eigenvalue weighted by molar-refractivity contribution is 5.95. The van der Waals surface area contributed by atoms with Crippen molar-refractivity contribution in [3.63, 3.8) is 0 Å². The molecule has 1 aromatic rings. The Hall–Kier alpha value is -1.66. The highest BCUT2D eigenvalue weighted by atomic mass is 19.1. The molecule has 0 fully saturated rings. The van der Waals surface area contributed by atoms with Crippen LogP contribution >= 0.6 is 0 Å². The van der Waals surface area contributed by atoms with Crippen LogP contribution < -0.4 is 11.1 Å². The molecule has 6 heteroatoms. The standard InChI is InChI=1S/C12H17FN2O3/c1-17-7-11(18-2)6-15-12(16)8-3-9(13)5-10(14)4-8/h3-5,11H,6-7,14H2,1-2H3,(H,15,16). The molecule has 1 aromatic carbocycles. The van der Waals surface area contributed by atoms with Crippen LogP contribution in [-0.2, 0) is 9.47 Å². The molecule has 1 atom stereocenters. The summed E-state index contributed by atoms with van der Waals surface area (Å²) in [5, 5.41) is 2.62. The SMILES string of the molecule is COCC(CNC(=O)c1cc(N)cc(F)c1)OC. The van der Waals surface area contributed by atoms with Gasteiger partial charge < -0.3 is 20.5 Å². The lowest BCUT2D eigenvalue weighted by atomic mass is 10.2. The van der Waals surface area contributed by atoms with Crippen molar-refractivity contribution in [1.29, 1.82) is 0 Å². The number of carbonyl (C=O) groups excluding carboxylic acids is 1. The number of amides is 1. The van der Waals surface area contributed by atoms with Crippen LogP contribution in [-0.4, -0.2) is 39.4 Å². The number of nitrogen functional groups attached to an aromatic ring is 1. The van der Waals surface area contributed by atoms with Crippen molar-refractivity contribution in [2.24, 2.45) is 0 Å². The predicted octanol–water partition coefficient (Wildman–Crippen LogP) is 0.799. The monoisotopic (exact) mass is 256 g/mol. The summed E-state index contributed by atoms with van der Waals surface area (Å²) in [5.41, 5.74) is 5.85. The fourth-order valence-electron chi connectivity index (χ4n) is 1.45. The van der Waals surface area contributed by atoms with E-state index in [0.717, 1.165) is 12.1 Å². The molecule has 5 nitrogen and oxygen atoms in total. The maximum Gasteiger partial charge on any atom is 0.251 e. The second-order valence-electron chi connectivity index (χ2n) is 3.80. The van der Waals surface area contributed by atoms with E-state index in [0.29, 0.717) is 6.61 Å². The second kappa shape index (κ2) is 6.93. The first-order valence-electron chi connectivity index (χ1n) is 5.42. The third-order valence-corrected chi connectivity index (χ3v) is 2.36. The summed E-state index contributed by atoms with van der Waals surface area (Å²) in [6.45, 7) is 0.641. The first kappa shape index (κ1) is 14.4. The maximum absolute atomic E-state index is 13.1. The molecule has 0 saturated heterocycles. The van der Waals surface area contributed by atoms with E-state index >= 15 is 0 Å². The van der Waals surface area contributed by atoms with Crippen molar-refractivity contribution >= 4 is 11.6 Å². The number of benzene rings is 1. The third kappa shape index (κ3) is 4.31. The number of halogens is 1. The number of nitrogens with one attached hydrogen (secondary N) is 1. The van der Waals surface area contributed by atoms with Gasteiger partial charge in [-0.2, -0.15) is 0 Å². The zero-order valence-electron chi connectivity index (χ0n) is 10.4.